The predicted molar refractivity (Wildman–Crippen MR) is 92.4 cm³/mol. The lowest BCUT2D eigenvalue weighted by Gasteiger charge is -2.08. The lowest BCUT2D eigenvalue weighted by Crippen LogP contribution is -2.41. The standard InChI is InChI=1S/C17H20ClFN2O4/c1-11(2)7-8-20-17(24)21-15(22)10-25-16(23)6-4-12-3-5-14(19)13(18)9-12/h3-6,9,11H,7-8,10H2,1-2H3,(H2,20,21,22,24)/b6-4+. The summed E-state index contributed by atoms with van der Waals surface area (Å²) in [6.07, 6.45) is 3.22. The van der Waals surface area contributed by atoms with Gasteiger partial charge in [0.15, 0.2) is 6.61 Å². The first-order valence-electron chi connectivity index (χ1n) is 7.65. The van der Waals surface area contributed by atoms with Crippen LogP contribution in [0.1, 0.15) is 25.8 Å². The summed E-state index contributed by atoms with van der Waals surface area (Å²) in [5.41, 5.74) is 0.498. The van der Waals surface area contributed by atoms with E-state index < -0.39 is 30.3 Å². The summed E-state index contributed by atoms with van der Waals surface area (Å²) in [6, 6.07) is 3.30. The summed E-state index contributed by atoms with van der Waals surface area (Å²) >= 11 is 5.62. The number of amides is 3. The van der Waals surface area contributed by atoms with E-state index in [-0.39, 0.29) is 5.02 Å². The summed E-state index contributed by atoms with van der Waals surface area (Å²) < 4.78 is 17.7. The van der Waals surface area contributed by atoms with Crippen molar-refractivity contribution >= 4 is 35.6 Å². The van der Waals surface area contributed by atoms with Gasteiger partial charge in [-0.05, 0) is 36.1 Å². The maximum absolute atomic E-state index is 13.0. The number of carbonyl (C=O) groups is 3. The van der Waals surface area contributed by atoms with Crippen LogP contribution in [0.5, 0.6) is 0 Å². The van der Waals surface area contributed by atoms with Crippen molar-refractivity contribution in [1.82, 2.24) is 10.6 Å². The average Bonchev–Trinajstić information content (AvgIpc) is 2.53. The predicted octanol–water partition coefficient (Wildman–Crippen LogP) is 2.91. The first-order valence-corrected chi connectivity index (χ1v) is 8.03. The number of nitrogens with one attached hydrogen (secondary N) is 2. The number of hydrogen-bond donors (Lipinski definition) is 2. The highest BCUT2D eigenvalue weighted by Gasteiger charge is 2.09. The normalized spacial score (nSPS) is 10.8. The maximum Gasteiger partial charge on any atom is 0.331 e. The molecule has 3 amide bonds. The van der Waals surface area contributed by atoms with Crippen LogP contribution < -0.4 is 10.6 Å². The molecule has 1 aromatic carbocycles. The van der Waals surface area contributed by atoms with Crippen LogP contribution in [0, 0.1) is 11.7 Å². The number of imide groups is 1. The molecule has 1 aromatic rings. The van der Waals surface area contributed by atoms with Gasteiger partial charge in [0.1, 0.15) is 5.82 Å². The number of carbonyl (C=O) groups excluding carboxylic acids is 3. The third kappa shape index (κ3) is 8.85. The lowest BCUT2D eigenvalue weighted by molar-refractivity contribution is -0.143. The fourth-order valence-electron chi connectivity index (χ4n) is 1.65. The fraction of sp³-hybridized carbons (Fsp3) is 0.353. The van der Waals surface area contributed by atoms with Crippen LogP contribution in [-0.2, 0) is 14.3 Å². The zero-order valence-electron chi connectivity index (χ0n) is 14.0. The molecule has 2 N–H and O–H groups in total. The summed E-state index contributed by atoms with van der Waals surface area (Å²) in [4.78, 5) is 34.4. The van der Waals surface area contributed by atoms with Crippen LogP contribution in [0.2, 0.25) is 5.02 Å². The Morgan fingerprint density at radius 3 is 2.68 bits per heavy atom. The molecular formula is C17H20ClFN2O4. The second-order valence-electron chi connectivity index (χ2n) is 5.60. The molecule has 0 fully saturated rings. The van der Waals surface area contributed by atoms with Gasteiger partial charge in [0.05, 0.1) is 5.02 Å². The molecule has 0 unspecified atom stereocenters. The highest BCUT2D eigenvalue weighted by atomic mass is 35.5. The Hall–Kier alpha value is -2.41. The second kappa shape index (κ2) is 10.5. The molecule has 0 aromatic heterocycles. The van der Waals surface area contributed by atoms with E-state index >= 15 is 0 Å². The molecule has 0 heterocycles. The lowest BCUT2D eigenvalue weighted by atomic mass is 10.1. The van der Waals surface area contributed by atoms with E-state index in [0.717, 1.165) is 12.5 Å². The van der Waals surface area contributed by atoms with Gasteiger partial charge in [0.2, 0.25) is 0 Å². The first-order chi connectivity index (χ1) is 11.8. The molecule has 0 atom stereocenters. The Morgan fingerprint density at radius 2 is 2.04 bits per heavy atom. The fourth-order valence-corrected chi connectivity index (χ4v) is 1.84. The van der Waals surface area contributed by atoms with E-state index in [9.17, 15) is 18.8 Å². The van der Waals surface area contributed by atoms with Crippen LogP contribution in [0.3, 0.4) is 0 Å². The smallest absolute Gasteiger partial charge is 0.331 e. The van der Waals surface area contributed by atoms with Crippen LogP contribution in [0.15, 0.2) is 24.3 Å². The summed E-state index contributed by atoms with van der Waals surface area (Å²) in [5.74, 6) is -1.66. The minimum atomic E-state index is -0.782. The Balaban J connectivity index is 2.32. The molecule has 1 rings (SSSR count). The third-order valence-corrected chi connectivity index (χ3v) is 3.25. The number of ether oxygens (including phenoxy) is 1. The van der Waals surface area contributed by atoms with Gasteiger partial charge in [-0.2, -0.15) is 0 Å². The molecule has 0 saturated heterocycles. The average molecular weight is 371 g/mol. The van der Waals surface area contributed by atoms with E-state index in [0.29, 0.717) is 18.0 Å². The molecule has 0 aliphatic carbocycles. The van der Waals surface area contributed by atoms with Crippen molar-refractivity contribution in [3.05, 3.63) is 40.7 Å². The Morgan fingerprint density at radius 1 is 1.32 bits per heavy atom. The maximum atomic E-state index is 13.0. The number of hydrogen-bond acceptors (Lipinski definition) is 4. The van der Waals surface area contributed by atoms with Gasteiger partial charge in [-0.3, -0.25) is 10.1 Å². The number of rotatable bonds is 7. The van der Waals surface area contributed by atoms with E-state index in [4.69, 9.17) is 16.3 Å². The Labute approximate surface area is 150 Å². The van der Waals surface area contributed by atoms with Gasteiger partial charge in [-0.25, -0.2) is 14.0 Å². The van der Waals surface area contributed by atoms with E-state index in [1.807, 2.05) is 19.2 Å². The third-order valence-electron chi connectivity index (χ3n) is 2.96. The Kier molecular flexibility index (Phi) is 8.63. The van der Waals surface area contributed by atoms with E-state index in [1.54, 1.807) is 0 Å². The van der Waals surface area contributed by atoms with Gasteiger partial charge >= 0.3 is 12.0 Å². The summed E-state index contributed by atoms with van der Waals surface area (Å²) in [7, 11) is 0. The van der Waals surface area contributed by atoms with Crippen molar-refractivity contribution in [2.24, 2.45) is 5.92 Å². The highest BCUT2D eigenvalue weighted by molar-refractivity contribution is 6.30. The molecule has 0 radical (unpaired) electrons. The summed E-state index contributed by atoms with van der Waals surface area (Å²) in [6.45, 7) is 3.87. The number of esters is 1. The first kappa shape index (κ1) is 20.6. The van der Waals surface area contributed by atoms with Crippen LogP contribution in [0.4, 0.5) is 9.18 Å². The van der Waals surface area contributed by atoms with Gasteiger partial charge in [-0.1, -0.05) is 31.5 Å². The van der Waals surface area contributed by atoms with Crippen LogP contribution in [0.25, 0.3) is 6.08 Å². The Bertz CT molecular complexity index is 662. The molecule has 25 heavy (non-hydrogen) atoms. The van der Waals surface area contributed by atoms with Crippen molar-refractivity contribution in [2.75, 3.05) is 13.2 Å². The molecule has 0 spiro atoms. The highest BCUT2D eigenvalue weighted by Crippen LogP contribution is 2.16. The minimum Gasteiger partial charge on any atom is -0.452 e. The number of halogens is 2. The van der Waals surface area contributed by atoms with Gasteiger partial charge in [0, 0.05) is 12.6 Å². The topological polar surface area (TPSA) is 84.5 Å². The van der Waals surface area contributed by atoms with Crippen LogP contribution in [-0.4, -0.2) is 31.1 Å². The van der Waals surface area contributed by atoms with Crippen molar-refractivity contribution in [1.29, 1.82) is 0 Å². The van der Waals surface area contributed by atoms with Crippen LogP contribution >= 0.6 is 11.6 Å². The minimum absolute atomic E-state index is 0.0709. The molecule has 6 nitrogen and oxygen atoms in total. The van der Waals surface area contributed by atoms with Gasteiger partial charge in [-0.15, -0.1) is 0 Å². The second-order valence-corrected chi connectivity index (χ2v) is 6.01. The SMILES string of the molecule is CC(C)CCNC(=O)NC(=O)COC(=O)/C=C/c1ccc(F)c(Cl)c1. The summed E-state index contributed by atoms with van der Waals surface area (Å²) in [5, 5.41) is 4.50. The zero-order valence-corrected chi connectivity index (χ0v) is 14.7. The van der Waals surface area contributed by atoms with Crippen molar-refractivity contribution in [2.45, 2.75) is 20.3 Å². The molecule has 0 aliphatic heterocycles. The molecule has 0 aliphatic rings. The quantitative estimate of drug-likeness (QED) is 0.571. The largest absolute Gasteiger partial charge is 0.452 e. The van der Waals surface area contributed by atoms with E-state index in [2.05, 4.69) is 5.32 Å². The zero-order chi connectivity index (χ0) is 18.8. The van der Waals surface area contributed by atoms with E-state index in [1.165, 1.54) is 24.3 Å². The molecule has 136 valence electrons. The van der Waals surface area contributed by atoms with Crippen molar-refractivity contribution < 1.29 is 23.5 Å². The molecule has 0 saturated carbocycles. The number of benzene rings is 1. The molecule has 8 heteroatoms. The van der Waals surface area contributed by atoms with Crippen molar-refractivity contribution in [3.63, 3.8) is 0 Å². The molecule has 0 bridgehead atoms. The van der Waals surface area contributed by atoms with Gasteiger partial charge in [0.25, 0.3) is 5.91 Å². The number of urea groups is 1. The van der Waals surface area contributed by atoms with Crippen molar-refractivity contribution in [3.8, 4) is 0 Å². The molecular weight excluding hydrogens is 351 g/mol. The monoisotopic (exact) mass is 370 g/mol. The van der Waals surface area contributed by atoms with Gasteiger partial charge < -0.3 is 10.1 Å².